The van der Waals surface area contributed by atoms with E-state index >= 15 is 0 Å². The van der Waals surface area contributed by atoms with E-state index in [9.17, 15) is 14.5 Å². The predicted molar refractivity (Wildman–Crippen MR) is 51.1 cm³/mol. The van der Waals surface area contributed by atoms with Crippen molar-refractivity contribution in [2.24, 2.45) is 0 Å². The highest BCUT2D eigenvalue weighted by Gasteiger charge is 2.14. The molecule has 0 radical (unpaired) electrons. The van der Waals surface area contributed by atoms with Gasteiger partial charge in [0.15, 0.2) is 0 Å². The van der Waals surface area contributed by atoms with E-state index in [1.807, 2.05) is 0 Å². The molecule has 16 heavy (non-hydrogen) atoms. The van der Waals surface area contributed by atoms with Gasteiger partial charge in [-0.15, -0.1) is 10.2 Å². The van der Waals surface area contributed by atoms with Gasteiger partial charge in [0.2, 0.25) is 11.8 Å². The second-order valence-electron chi connectivity index (χ2n) is 3.08. The molecule has 0 atom stereocenters. The zero-order valence-corrected chi connectivity index (χ0v) is 8.18. The van der Waals surface area contributed by atoms with Crippen LogP contribution < -0.4 is 0 Å². The Hall–Kier alpha value is -2.31. The van der Waals surface area contributed by atoms with Gasteiger partial charge in [0.05, 0.1) is 11.0 Å². The Morgan fingerprint density at radius 2 is 2.12 bits per heavy atom. The predicted octanol–water partition coefficient (Wildman–Crippen LogP) is 2.09. The van der Waals surface area contributed by atoms with Gasteiger partial charge < -0.3 is 4.42 Å². The molecule has 0 fully saturated rings. The third-order valence-electron chi connectivity index (χ3n) is 1.87. The fourth-order valence-corrected chi connectivity index (χ4v) is 1.22. The lowest BCUT2D eigenvalue weighted by Gasteiger charge is -1.96. The number of aromatic nitrogens is 2. The summed E-state index contributed by atoms with van der Waals surface area (Å²) in [5.74, 6) is -0.359. The van der Waals surface area contributed by atoms with Gasteiger partial charge in [0.1, 0.15) is 5.82 Å². The van der Waals surface area contributed by atoms with Crippen LogP contribution in [0, 0.1) is 22.9 Å². The molecule has 2 aromatic rings. The van der Waals surface area contributed by atoms with Crippen LogP contribution in [-0.4, -0.2) is 15.1 Å². The van der Waals surface area contributed by atoms with Crippen molar-refractivity contribution in [3.05, 3.63) is 40.0 Å². The quantitative estimate of drug-likeness (QED) is 0.575. The second kappa shape index (κ2) is 3.69. The van der Waals surface area contributed by atoms with Gasteiger partial charge in [-0.3, -0.25) is 10.1 Å². The standard InChI is InChI=1S/C9H6FN3O3/c1-5-11-12-9(16-5)6-2-7(10)4-8(3-6)13(14)15/h2-4H,1H3. The summed E-state index contributed by atoms with van der Waals surface area (Å²) in [4.78, 5) is 9.83. The molecule has 0 saturated carbocycles. The fourth-order valence-electron chi connectivity index (χ4n) is 1.22. The van der Waals surface area contributed by atoms with Crippen molar-refractivity contribution in [3.63, 3.8) is 0 Å². The van der Waals surface area contributed by atoms with E-state index in [2.05, 4.69) is 10.2 Å². The number of hydrogen-bond donors (Lipinski definition) is 0. The van der Waals surface area contributed by atoms with Crippen molar-refractivity contribution < 1.29 is 13.7 Å². The van der Waals surface area contributed by atoms with Gasteiger partial charge in [-0.25, -0.2) is 4.39 Å². The van der Waals surface area contributed by atoms with Gasteiger partial charge in [0.25, 0.3) is 5.69 Å². The molecule has 6 nitrogen and oxygen atoms in total. The van der Waals surface area contributed by atoms with Crippen molar-refractivity contribution in [2.75, 3.05) is 0 Å². The topological polar surface area (TPSA) is 82.1 Å². The Balaban J connectivity index is 2.53. The van der Waals surface area contributed by atoms with Crippen LogP contribution in [0.25, 0.3) is 11.5 Å². The molecule has 0 aliphatic heterocycles. The molecule has 7 heteroatoms. The molecule has 2 rings (SSSR count). The fraction of sp³-hybridized carbons (Fsp3) is 0.111. The molecule has 82 valence electrons. The molecule has 1 heterocycles. The molecule has 0 N–H and O–H groups in total. The highest BCUT2D eigenvalue weighted by molar-refractivity contribution is 5.57. The molecule has 0 amide bonds. The minimum Gasteiger partial charge on any atom is -0.421 e. The average Bonchev–Trinajstić information content (AvgIpc) is 2.64. The van der Waals surface area contributed by atoms with E-state index in [1.165, 1.54) is 6.07 Å². The molecule has 0 spiro atoms. The SMILES string of the molecule is Cc1nnc(-c2cc(F)cc([N+](=O)[O-])c2)o1. The Morgan fingerprint density at radius 3 is 2.69 bits per heavy atom. The third-order valence-corrected chi connectivity index (χ3v) is 1.87. The first-order valence-corrected chi connectivity index (χ1v) is 4.32. The van der Waals surface area contributed by atoms with Crippen LogP contribution in [0.15, 0.2) is 22.6 Å². The summed E-state index contributed by atoms with van der Waals surface area (Å²) in [7, 11) is 0. The largest absolute Gasteiger partial charge is 0.421 e. The Kier molecular flexibility index (Phi) is 2.35. The lowest BCUT2D eigenvalue weighted by Crippen LogP contribution is -1.90. The normalized spacial score (nSPS) is 10.4. The van der Waals surface area contributed by atoms with Crippen LogP contribution in [0.5, 0.6) is 0 Å². The maximum atomic E-state index is 13.1. The summed E-state index contributed by atoms with van der Waals surface area (Å²) in [5, 5.41) is 17.7. The number of non-ortho nitro benzene ring substituents is 1. The number of aryl methyl sites for hydroxylation is 1. The van der Waals surface area contributed by atoms with E-state index in [4.69, 9.17) is 4.42 Å². The van der Waals surface area contributed by atoms with Gasteiger partial charge in [0, 0.05) is 18.6 Å². The van der Waals surface area contributed by atoms with Crippen molar-refractivity contribution in [2.45, 2.75) is 6.92 Å². The minimum absolute atomic E-state index is 0.0556. The second-order valence-corrected chi connectivity index (χ2v) is 3.08. The summed E-state index contributed by atoms with van der Waals surface area (Å²) in [6.07, 6.45) is 0. The smallest absolute Gasteiger partial charge is 0.273 e. The summed E-state index contributed by atoms with van der Waals surface area (Å²) >= 11 is 0. The van der Waals surface area contributed by atoms with Crippen molar-refractivity contribution in [1.29, 1.82) is 0 Å². The summed E-state index contributed by atoms with van der Waals surface area (Å²) in [5.41, 5.74) is -0.168. The lowest BCUT2D eigenvalue weighted by atomic mass is 10.2. The van der Waals surface area contributed by atoms with Gasteiger partial charge in [-0.2, -0.15) is 0 Å². The number of nitro groups is 1. The van der Waals surface area contributed by atoms with Gasteiger partial charge >= 0.3 is 0 Å². The maximum absolute atomic E-state index is 13.1. The molecule has 0 aliphatic carbocycles. The van der Waals surface area contributed by atoms with Gasteiger partial charge in [-0.1, -0.05) is 0 Å². The zero-order valence-electron chi connectivity index (χ0n) is 8.18. The number of nitro benzene ring substituents is 1. The van der Waals surface area contributed by atoms with E-state index in [1.54, 1.807) is 6.92 Å². The van der Waals surface area contributed by atoms with Crippen LogP contribution in [0.4, 0.5) is 10.1 Å². The number of halogens is 1. The first kappa shape index (κ1) is 10.2. The monoisotopic (exact) mass is 223 g/mol. The first-order valence-electron chi connectivity index (χ1n) is 4.32. The van der Waals surface area contributed by atoms with Crippen molar-refractivity contribution in [3.8, 4) is 11.5 Å². The lowest BCUT2D eigenvalue weighted by molar-refractivity contribution is -0.385. The number of benzene rings is 1. The van der Waals surface area contributed by atoms with Crippen LogP contribution >= 0.6 is 0 Å². The molecule has 1 aromatic carbocycles. The van der Waals surface area contributed by atoms with Crippen molar-refractivity contribution >= 4 is 5.69 Å². The van der Waals surface area contributed by atoms with E-state index in [0.717, 1.165) is 12.1 Å². The summed E-state index contributed by atoms with van der Waals surface area (Å²) in [6.45, 7) is 1.57. The Labute approximate surface area is 88.9 Å². The molecular formula is C9H6FN3O3. The highest BCUT2D eigenvalue weighted by Crippen LogP contribution is 2.24. The van der Waals surface area contributed by atoms with Crippen molar-refractivity contribution in [1.82, 2.24) is 10.2 Å². The molecule has 0 unspecified atom stereocenters. The van der Waals surface area contributed by atoms with Crippen LogP contribution in [0.3, 0.4) is 0 Å². The zero-order chi connectivity index (χ0) is 11.7. The Bertz CT molecular complexity index is 553. The highest BCUT2D eigenvalue weighted by atomic mass is 19.1. The van der Waals surface area contributed by atoms with E-state index < -0.39 is 10.7 Å². The molecular weight excluding hydrogens is 217 g/mol. The maximum Gasteiger partial charge on any atom is 0.273 e. The first-order chi connectivity index (χ1) is 7.56. The Morgan fingerprint density at radius 1 is 1.38 bits per heavy atom. The minimum atomic E-state index is -0.722. The van der Waals surface area contributed by atoms with E-state index in [-0.39, 0.29) is 17.1 Å². The molecule has 0 saturated heterocycles. The number of nitrogens with zero attached hydrogens (tertiary/aromatic N) is 3. The van der Waals surface area contributed by atoms with Crippen LogP contribution in [-0.2, 0) is 0 Å². The van der Waals surface area contributed by atoms with Gasteiger partial charge in [-0.05, 0) is 6.07 Å². The summed E-state index contributed by atoms with van der Waals surface area (Å²) < 4.78 is 18.1. The van der Waals surface area contributed by atoms with Crippen LogP contribution in [0.1, 0.15) is 5.89 Å². The summed E-state index contributed by atoms with van der Waals surface area (Å²) in [6, 6.07) is 3.10. The average molecular weight is 223 g/mol. The van der Waals surface area contributed by atoms with E-state index in [0.29, 0.717) is 5.89 Å². The van der Waals surface area contributed by atoms with Crippen LogP contribution in [0.2, 0.25) is 0 Å². The molecule has 1 aromatic heterocycles. The molecule has 0 aliphatic rings. The number of hydrogen-bond acceptors (Lipinski definition) is 5. The third kappa shape index (κ3) is 1.88. The number of rotatable bonds is 2. The molecule has 0 bridgehead atoms.